The van der Waals surface area contributed by atoms with Crippen LogP contribution in [0.4, 0.5) is 16.0 Å². The molecule has 0 saturated heterocycles. The first-order valence-corrected chi connectivity index (χ1v) is 8.33. The van der Waals surface area contributed by atoms with Gasteiger partial charge in [-0.05, 0) is 43.3 Å². The lowest BCUT2D eigenvalue weighted by molar-refractivity contribution is 0.102. The molecule has 1 amide bonds. The number of hydrogen-bond acceptors (Lipinski definition) is 5. The van der Waals surface area contributed by atoms with Gasteiger partial charge in [0.1, 0.15) is 17.3 Å². The first-order valence-electron chi connectivity index (χ1n) is 8.33. The van der Waals surface area contributed by atoms with Crippen LogP contribution in [0, 0.1) is 12.7 Å². The van der Waals surface area contributed by atoms with Gasteiger partial charge in [0.15, 0.2) is 0 Å². The maximum Gasteiger partial charge on any atom is 0.274 e. The van der Waals surface area contributed by atoms with Gasteiger partial charge in [-0.25, -0.2) is 14.4 Å². The van der Waals surface area contributed by atoms with Gasteiger partial charge >= 0.3 is 0 Å². The molecule has 1 heterocycles. The van der Waals surface area contributed by atoms with Gasteiger partial charge in [0.05, 0.1) is 7.11 Å². The predicted molar refractivity (Wildman–Crippen MR) is 101 cm³/mol. The first-order chi connectivity index (χ1) is 13.0. The summed E-state index contributed by atoms with van der Waals surface area (Å²) in [4.78, 5) is 21.0. The Hall–Kier alpha value is -3.48. The zero-order valence-corrected chi connectivity index (χ0v) is 15.0. The molecular formula is C20H19FN4O2. The largest absolute Gasteiger partial charge is 0.496 e. The number of aromatic nitrogens is 2. The molecule has 6 nitrogen and oxygen atoms in total. The van der Waals surface area contributed by atoms with Gasteiger partial charge in [0.25, 0.3) is 5.91 Å². The van der Waals surface area contributed by atoms with Crippen LogP contribution < -0.4 is 15.4 Å². The van der Waals surface area contributed by atoms with Crippen molar-refractivity contribution in [2.45, 2.75) is 13.5 Å². The molecule has 0 atom stereocenters. The van der Waals surface area contributed by atoms with Crippen LogP contribution in [-0.4, -0.2) is 23.0 Å². The molecule has 0 aliphatic carbocycles. The molecule has 27 heavy (non-hydrogen) atoms. The van der Waals surface area contributed by atoms with Crippen LogP contribution in [-0.2, 0) is 6.54 Å². The highest BCUT2D eigenvalue weighted by atomic mass is 19.1. The third-order valence-electron chi connectivity index (χ3n) is 3.82. The van der Waals surface area contributed by atoms with E-state index >= 15 is 0 Å². The van der Waals surface area contributed by atoms with E-state index in [1.165, 1.54) is 24.3 Å². The Labute approximate surface area is 156 Å². The van der Waals surface area contributed by atoms with Gasteiger partial charge in [-0.1, -0.05) is 18.2 Å². The Morgan fingerprint density at radius 1 is 1.11 bits per heavy atom. The van der Waals surface area contributed by atoms with Crippen molar-refractivity contribution in [3.05, 3.63) is 77.4 Å². The van der Waals surface area contributed by atoms with Crippen LogP contribution in [0.15, 0.2) is 54.6 Å². The molecule has 0 unspecified atom stereocenters. The van der Waals surface area contributed by atoms with Gasteiger partial charge in [0.2, 0.25) is 5.95 Å². The molecule has 0 aliphatic heterocycles. The number of aryl methyl sites for hydroxylation is 1. The fourth-order valence-electron chi connectivity index (χ4n) is 2.52. The Balaban J connectivity index is 1.73. The zero-order chi connectivity index (χ0) is 19.2. The minimum absolute atomic E-state index is 0.217. The normalized spacial score (nSPS) is 10.3. The van der Waals surface area contributed by atoms with Crippen LogP contribution >= 0.6 is 0 Å². The summed E-state index contributed by atoms with van der Waals surface area (Å²) in [5.41, 5.74) is 2.30. The quantitative estimate of drug-likeness (QED) is 0.694. The molecule has 3 aromatic rings. The number of ether oxygens (including phenoxy) is 1. The van der Waals surface area contributed by atoms with E-state index in [1.807, 2.05) is 24.3 Å². The molecule has 138 valence electrons. The highest BCUT2D eigenvalue weighted by Gasteiger charge is 2.12. The Bertz CT molecular complexity index is 945. The standard InChI is InChI=1S/C20H19FN4O2/c1-13-11-17(19(26)24-16-9-7-15(21)8-10-16)25-20(23-13)22-12-14-5-3-4-6-18(14)27-2/h3-11H,12H2,1-2H3,(H,24,26)(H,22,23,25). The summed E-state index contributed by atoms with van der Waals surface area (Å²) in [6, 6.07) is 14.7. The lowest BCUT2D eigenvalue weighted by atomic mass is 10.2. The maximum absolute atomic E-state index is 13.0. The number of halogens is 1. The second-order valence-corrected chi connectivity index (χ2v) is 5.84. The highest BCUT2D eigenvalue weighted by Crippen LogP contribution is 2.18. The smallest absolute Gasteiger partial charge is 0.274 e. The fourth-order valence-corrected chi connectivity index (χ4v) is 2.52. The van der Waals surface area contributed by atoms with E-state index in [9.17, 15) is 9.18 Å². The molecule has 0 spiro atoms. The van der Waals surface area contributed by atoms with E-state index in [0.717, 1.165) is 11.3 Å². The van der Waals surface area contributed by atoms with Crippen LogP contribution in [0.5, 0.6) is 5.75 Å². The Morgan fingerprint density at radius 2 is 1.85 bits per heavy atom. The summed E-state index contributed by atoms with van der Waals surface area (Å²) < 4.78 is 18.3. The molecule has 1 aromatic heterocycles. The summed E-state index contributed by atoms with van der Waals surface area (Å²) >= 11 is 0. The van der Waals surface area contributed by atoms with E-state index < -0.39 is 5.91 Å². The maximum atomic E-state index is 13.0. The van der Waals surface area contributed by atoms with Crippen LogP contribution in [0.25, 0.3) is 0 Å². The van der Waals surface area contributed by atoms with Crippen molar-refractivity contribution in [1.29, 1.82) is 0 Å². The zero-order valence-electron chi connectivity index (χ0n) is 15.0. The second kappa shape index (κ2) is 8.27. The SMILES string of the molecule is COc1ccccc1CNc1nc(C)cc(C(=O)Nc2ccc(F)cc2)n1. The number of methoxy groups -OCH3 is 1. The van der Waals surface area contributed by atoms with E-state index in [4.69, 9.17) is 4.74 Å². The van der Waals surface area contributed by atoms with Crippen molar-refractivity contribution in [3.63, 3.8) is 0 Å². The predicted octanol–water partition coefficient (Wildman–Crippen LogP) is 3.80. The topological polar surface area (TPSA) is 76.1 Å². The van der Waals surface area contributed by atoms with E-state index in [0.29, 0.717) is 23.9 Å². The number of amides is 1. The summed E-state index contributed by atoms with van der Waals surface area (Å²) in [7, 11) is 1.61. The lowest BCUT2D eigenvalue weighted by Gasteiger charge is -2.11. The number of rotatable bonds is 6. The molecule has 7 heteroatoms. The van der Waals surface area contributed by atoms with Gasteiger partial charge in [-0.3, -0.25) is 4.79 Å². The van der Waals surface area contributed by atoms with Crippen molar-refractivity contribution in [2.24, 2.45) is 0 Å². The molecule has 2 N–H and O–H groups in total. The Kier molecular flexibility index (Phi) is 5.61. The van der Waals surface area contributed by atoms with Gasteiger partial charge in [-0.2, -0.15) is 0 Å². The molecule has 0 aliphatic rings. The van der Waals surface area contributed by atoms with Crippen LogP contribution in [0.1, 0.15) is 21.7 Å². The summed E-state index contributed by atoms with van der Waals surface area (Å²) in [5, 5.41) is 5.80. The minimum Gasteiger partial charge on any atom is -0.496 e. The van der Waals surface area contributed by atoms with Crippen LogP contribution in [0.3, 0.4) is 0 Å². The number of hydrogen-bond donors (Lipinski definition) is 2. The van der Waals surface area contributed by atoms with Gasteiger partial charge in [0, 0.05) is 23.5 Å². The molecular weight excluding hydrogens is 347 g/mol. The third kappa shape index (κ3) is 4.78. The fraction of sp³-hybridized carbons (Fsp3) is 0.150. The van der Waals surface area contributed by atoms with Gasteiger partial charge < -0.3 is 15.4 Å². The van der Waals surface area contributed by atoms with E-state index in [1.54, 1.807) is 20.1 Å². The average Bonchev–Trinajstić information content (AvgIpc) is 2.68. The molecule has 0 fully saturated rings. The minimum atomic E-state index is -0.396. The molecule has 3 rings (SSSR count). The summed E-state index contributed by atoms with van der Waals surface area (Å²) in [5.74, 6) is 0.332. The number of anilines is 2. The lowest BCUT2D eigenvalue weighted by Crippen LogP contribution is -2.16. The Morgan fingerprint density at radius 3 is 2.59 bits per heavy atom. The van der Waals surface area contributed by atoms with Crippen molar-refractivity contribution < 1.29 is 13.9 Å². The van der Waals surface area contributed by atoms with Crippen molar-refractivity contribution in [3.8, 4) is 5.75 Å². The molecule has 0 radical (unpaired) electrons. The summed E-state index contributed by atoms with van der Waals surface area (Å²) in [6.45, 7) is 2.23. The van der Waals surface area contributed by atoms with Gasteiger partial charge in [-0.15, -0.1) is 0 Å². The number of carbonyl (C=O) groups excluding carboxylic acids is 1. The molecule has 0 bridgehead atoms. The van der Waals surface area contributed by atoms with Crippen molar-refractivity contribution >= 4 is 17.5 Å². The molecule has 0 saturated carbocycles. The number of nitrogens with one attached hydrogen (secondary N) is 2. The number of carbonyl (C=O) groups is 1. The highest BCUT2D eigenvalue weighted by molar-refractivity contribution is 6.03. The third-order valence-corrected chi connectivity index (χ3v) is 3.82. The monoisotopic (exact) mass is 366 g/mol. The van der Waals surface area contributed by atoms with Crippen molar-refractivity contribution in [2.75, 3.05) is 17.7 Å². The van der Waals surface area contributed by atoms with Crippen molar-refractivity contribution in [1.82, 2.24) is 9.97 Å². The van der Waals surface area contributed by atoms with E-state index in [-0.39, 0.29) is 11.5 Å². The first kappa shape index (κ1) is 18.3. The number of benzene rings is 2. The number of para-hydroxylation sites is 1. The summed E-state index contributed by atoms with van der Waals surface area (Å²) in [6.07, 6.45) is 0. The van der Waals surface area contributed by atoms with E-state index in [2.05, 4.69) is 20.6 Å². The second-order valence-electron chi connectivity index (χ2n) is 5.84. The molecule has 2 aromatic carbocycles. The number of nitrogens with zero attached hydrogens (tertiary/aromatic N) is 2. The van der Waals surface area contributed by atoms with Crippen LogP contribution in [0.2, 0.25) is 0 Å². The average molecular weight is 366 g/mol.